The number of hydrogen-bond acceptors (Lipinski definition) is 3. The Morgan fingerprint density at radius 3 is 2.71 bits per heavy atom. The summed E-state index contributed by atoms with van der Waals surface area (Å²) >= 11 is 0. The maximum Gasteiger partial charge on any atom is 0.191 e. The number of ether oxygens (including phenoxy) is 2. The number of guanidine groups is 1. The molecule has 0 aliphatic carbocycles. The number of nitrogens with one attached hydrogen (secondary N) is 2. The molecule has 0 amide bonds. The normalized spacial score (nSPS) is 11.3. The second kappa shape index (κ2) is 11.0. The summed E-state index contributed by atoms with van der Waals surface area (Å²) in [7, 11) is 1.71. The third-order valence-electron chi connectivity index (χ3n) is 2.84. The summed E-state index contributed by atoms with van der Waals surface area (Å²) in [6, 6.07) is 8.01. The smallest absolute Gasteiger partial charge is 0.191 e. The molecule has 118 valence electrons. The Kier molecular flexibility index (Phi) is 9.04. The van der Waals surface area contributed by atoms with Crippen molar-refractivity contribution in [1.29, 1.82) is 0 Å². The minimum Gasteiger partial charge on any atom is -0.494 e. The predicted octanol–water partition coefficient (Wildman–Crippen LogP) is 2.18. The Morgan fingerprint density at radius 1 is 1.19 bits per heavy atom. The highest BCUT2D eigenvalue weighted by Gasteiger charge is 2.02. The number of aliphatic imine (C=N–C) groups is 1. The quantitative estimate of drug-likeness (QED) is 0.416. The first-order valence-corrected chi connectivity index (χ1v) is 7.53. The summed E-state index contributed by atoms with van der Waals surface area (Å²) in [5.74, 6) is 1.72. The lowest BCUT2D eigenvalue weighted by Crippen LogP contribution is -2.38. The second-order valence-electron chi connectivity index (χ2n) is 4.51. The molecule has 0 saturated carbocycles. The molecule has 0 atom stereocenters. The molecule has 0 spiro atoms. The summed E-state index contributed by atoms with van der Waals surface area (Å²) in [5.41, 5.74) is 1.09. The summed E-state index contributed by atoms with van der Waals surface area (Å²) in [5, 5.41) is 6.53. The molecule has 0 heterocycles. The van der Waals surface area contributed by atoms with Crippen molar-refractivity contribution >= 4 is 5.96 Å². The van der Waals surface area contributed by atoms with Crippen LogP contribution in [0.4, 0.5) is 0 Å². The first-order chi connectivity index (χ1) is 10.3. The monoisotopic (exact) mass is 293 g/mol. The fourth-order valence-corrected chi connectivity index (χ4v) is 1.86. The third kappa shape index (κ3) is 6.99. The standard InChI is InChI=1S/C16H27N3O2/c1-4-17-16(18-11-8-12-20-3)19-13-14-9-6-7-10-15(14)21-5-2/h6-7,9-10H,4-5,8,11-13H2,1-3H3,(H2,17,18,19). The highest BCUT2D eigenvalue weighted by Crippen LogP contribution is 2.18. The fraction of sp³-hybridized carbons (Fsp3) is 0.562. The van der Waals surface area contributed by atoms with E-state index in [2.05, 4.69) is 22.5 Å². The molecule has 0 saturated heterocycles. The van der Waals surface area contributed by atoms with Gasteiger partial charge in [-0.25, -0.2) is 4.99 Å². The minimum atomic E-state index is 0.593. The molecular formula is C16H27N3O2. The van der Waals surface area contributed by atoms with Crippen LogP contribution in [0.3, 0.4) is 0 Å². The molecule has 21 heavy (non-hydrogen) atoms. The Hall–Kier alpha value is -1.75. The van der Waals surface area contributed by atoms with E-state index in [0.29, 0.717) is 13.2 Å². The molecule has 1 rings (SSSR count). The van der Waals surface area contributed by atoms with E-state index in [1.54, 1.807) is 7.11 Å². The van der Waals surface area contributed by atoms with E-state index in [-0.39, 0.29) is 0 Å². The van der Waals surface area contributed by atoms with Gasteiger partial charge in [-0.2, -0.15) is 0 Å². The summed E-state index contributed by atoms with van der Waals surface area (Å²) in [6.45, 7) is 7.73. The van der Waals surface area contributed by atoms with Crippen LogP contribution in [0.2, 0.25) is 0 Å². The van der Waals surface area contributed by atoms with Gasteiger partial charge in [0, 0.05) is 32.4 Å². The van der Waals surface area contributed by atoms with Crippen molar-refractivity contribution in [3.63, 3.8) is 0 Å². The van der Waals surface area contributed by atoms with Crippen molar-refractivity contribution in [2.24, 2.45) is 4.99 Å². The average molecular weight is 293 g/mol. The summed E-state index contributed by atoms with van der Waals surface area (Å²) in [6.07, 6.45) is 0.955. The van der Waals surface area contributed by atoms with E-state index >= 15 is 0 Å². The third-order valence-corrected chi connectivity index (χ3v) is 2.84. The van der Waals surface area contributed by atoms with Gasteiger partial charge < -0.3 is 20.1 Å². The molecule has 5 heteroatoms. The summed E-state index contributed by atoms with van der Waals surface area (Å²) in [4.78, 5) is 4.60. The Balaban J connectivity index is 2.60. The van der Waals surface area contributed by atoms with Crippen LogP contribution in [0, 0.1) is 0 Å². The minimum absolute atomic E-state index is 0.593. The molecule has 1 aromatic carbocycles. The molecule has 0 fully saturated rings. The maximum absolute atomic E-state index is 5.62. The Labute approximate surface area is 127 Å². The molecule has 5 nitrogen and oxygen atoms in total. The highest BCUT2D eigenvalue weighted by molar-refractivity contribution is 5.79. The topological polar surface area (TPSA) is 54.9 Å². The van der Waals surface area contributed by atoms with Gasteiger partial charge in [-0.05, 0) is 26.3 Å². The van der Waals surface area contributed by atoms with E-state index in [0.717, 1.165) is 43.4 Å². The molecule has 1 aromatic rings. The van der Waals surface area contributed by atoms with Gasteiger partial charge in [-0.15, -0.1) is 0 Å². The van der Waals surface area contributed by atoms with Crippen LogP contribution in [0.15, 0.2) is 29.3 Å². The molecule has 0 aromatic heterocycles. The van der Waals surface area contributed by atoms with Crippen LogP contribution >= 0.6 is 0 Å². The number of rotatable bonds is 9. The van der Waals surface area contributed by atoms with Crippen LogP contribution in [0.1, 0.15) is 25.8 Å². The molecule has 0 aliphatic rings. The van der Waals surface area contributed by atoms with Crippen LogP contribution < -0.4 is 15.4 Å². The van der Waals surface area contributed by atoms with Gasteiger partial charge in [-0.1, -0.05) is 18.2 Å². The zero-order valence-electron chi connectivity index (χ0n) is 13.3. The van der Waals surface area contributed by atoms with Gasteiger partial charge in [-0.3, -0.25) is 0 Å². The maximum atomic E-state index is 5.62. The van der Waals surface area contributed by atoms with Gasteiger partial charge >= 0.3 is 0 Å². The number of methoxy groups -OCH3 is 1. The van der Waals surface area contributed by atoms with Crippen molar-refractivity contribution in [1.82, 2.24) is 10.6 Å². The van der Waals surface area contributed by atoms with Crippen molar-refractivity contribution in [2.45, 2.75) is 26.8 Å². The van der Waals surface area contributed by atoms with Gasteiger partial charge in [0.2, 0.25) is 0 Å². The lowest BCUT2D eigenvalue weighted by Gasteiger charge is -2.12. The SMILES string of the molecule is CCNC(=NCc1ccccc1OCC)NCCCOC. The Morgan fingerprint density at radius 2 is 2.00 bits per heavy atom. The molecule has 0 aliphatic heterocycles. The predicted molar refractivity (Wildman–Crippen MR) is 86.9 cm³/mol. The highest BCUT2D eigenvalue weighted by atomic mass is 16.5. The van der Waals surface area contributed by atoms with Gasteiger partial charge in [0.25, 0.3) is 0 Å². The first-order valence-electron chi connectivity index (χ1n) is 7.53. The van der Waals surface area contributed by atoms with Crippen LogP contribution in [-0.4, -0.2) is 39.4 Å². The zero-order valence-corrected chi connectivity index (χ0v) is 13.3. The second-order valence-corrected chi connectivity index (χ2v) is 4.51. The summed E-state index contributed by atoms with van der Waals surface area (Å²) < 4.78 is 10.7. The molecular weight excluding hydrogens is 266 g/mol. The lowest BCUT2D eigenvalue weighted by molar-refractivity contribution is 0.195. The van der Waals surface area contributed by atoms with Gasteiger partial charge in [0.15, 0.2) is 5.96 Å². The molecule has 2 N–H and O–H groups in total. The first kappa shape index (κ1) is 17.3. The van der Waals surface area contributed by atoms with E-state index in [1.165, 1.54) is 0 Å². The van der Waals surface area contributed by atoms with Crippen molar-refractivity contribution in [3.05, 3.63) is 29.8 Å². The number of hydrogen-bond donors (Lipinski definition) is 2. The van der Waals surface area contributed by atoms with Crippen molar-refractivity contribution < 1.29 is 9.47 Å². The average Bonchev–Trinajstić information content (AvgIpc) is 2.50. The van der Waals surface area contributed by atoms with E-state index in [4.69, 9.17) is 9.47 Å². The van der Waals surface area contributed by atoms with Gasteiger partial charge in [0.05, 0.1) is 13.2 Å². The van der Waals surface area contributed by atoms with Gasteiger partial charge in [0.1, 0.15) is 5.75 Å². The van der Waals surface area contributed by atoms with Crippen LogP contribution in [0.5, 0.6) is 5.75 Å². The van der Waals surface area contributed by atoms with Crippen molar-refractivity contribution in [2.75, 3.05) is 33.4 Å². The fourth-order valence-electron chi connectivity index (χ4n) is 1.86. The largest absolute Gasteiger partial charge is 0.494 e. The van der Waals surface area contributed by atoms with E-state index in [1.807, 2.05) is 31.2 Å². The molecule has 0 bridgehead atoms. The molecule has 0 radical (unpaired) electrons. The number of nitrogens with zero attached hydrogens (tertiary/aromatic N) is 1. The van der Waals surface area contributed by atoms with E-state index in [9.17, 15) is 0 Å². The number of para-hydroxylation sites is 1. The number of benzene rings is 1. The van der Waals surface area contributed by atoms with Crippen molar-refractivity contribution in [3.8, 4) is 5.75 Å². The van der Waals surface area contributed by atoms with Crippen LogP contribution in [-0.2, 0) is 11.3 Å². The van der Waals surface area contributed by atoms with Crippen LogP contribution in [0.25, 0.3) is 0 Å². The Bertz CT molecular complexity index is 422. The molecule has 0 unspecified atom stereocenters. The zero-order chi connectivity index (χ0) is 15.3. The lowest BCUT2D eigenvalue weighted by atomic mass is 10.2. The van der Waals surface area contributed by atoms with E-state index < -0.39 is 0 Å².